The molecule has 0 amide bonds. The zero-order chi connectivity index (χ0) is 8.27. The third kappa shape index (κ3) is 2.47. The molecule has 0 saturated carbocycles. The molecule has 0 bridgehead atoms. The maximum absolute atomic E-state index is 5.56. The molecule has 3 heteroatoms. The third-order valence-electron chi connectivity index (χ3n) is 2.07. The topological polar surface area (TPSA) is 15.3 Å². The molecular weight excluding hydrogens is 160 g/mol. The van der Waals surface area contributed by atoms with Gasteiger partial charge >= 0.3 is 0 Å². The Hall–Kier alpha value is -0.0500. The molecule has 0 aromatic heterocycles. The van der Waals surface area contributed by atoms with Crippen molar-refractivity contribution in [3.63, 3.8) is 0 Å². The van der Waals surface area contributed by atoms with Crippen molar-refractivity contribution in [1.82, 2.24) is 10.2 Å². The van der Waals surface area contributed by atoms with Gasteiger partial charge in [0.2, 0.25) is 0 Å². The van der Waals surface area contributed by atoms with Gasteiger partial charge in [0, 0.05) is 31.2 Å². The van der Waals surface area contributed by atoms with Crippen LogP contribution in [0.5, 0.6) is 0 Å². The Morgan fingerprint density at radius 3 is 2.73 bits per heavy atom. The summed E-state index contributed by atoms with van der Waals surface area (Å²) in [4.78, 5) is 2.32. The second kappa shape index (κ2) is 4.10. The summed E-state index contributed by atoms with van der Waals surface area (Å²) < 4.78 is 0. The average molecular weight is 175 g/mol. The Kier molecular flexibility index (Phi) is 3.37. The van der Waals surface area contributed by atoms with Crippen LogP contribution in [0.3, 0.4) is 0 Å². The van der Waals surface area contributed by atoms with Gasteiger partial charge in [0.05, 0.1) is 0 Å². The van der Waals surface area contributed by atoms with Gasteiger partial charge in [0.15, 0.2) is 0 Å². The monoisotopic (exact) mass is 174 g/mol. The molecule has 1 saturated heterocycles. The summed E-state index contributed by atoms with van der Waals surface area (Å²) in [5.74, 6) is 0. The average Bonchev–Trinajstić information content (AvgIpc) is 1.83. The lowest BCUT2D eigenvalue weighted by Gasteiger charge is -2.35. The second-order valence-electron chi connectivity index (χ2n) is 3.18. The first-order chi connectivity index (χ1) is 5.24. The summed E-state index contributed by atoms with van der Waals surface area (Å²) in [6.07, 6.45) is 0. The van der Waals surface area contributed by atoms with Crippen molar-refractivity contribution in [3.8, 4) is 0 Å². The van der Waals surface area contributed by atoms with E-state index in [1.54, 1.807) is 5.54 Å². The Bertz CT molecular complexity index is 152. The van der Waals surface area contributed by atoms with Crippen molar-refractivity contribution in [1.29, 1.82) is 0 Å². The van der Waals surface area contributed by atoms with Crippen LogP contribution in [0.25, 0.3) is 0 Å². The molecule has 1 aliphatic heterocycles. The smallest absolute Gasteiger partial charge is 0.0345 e. The summed E-state index contributed by atoms with van der Waals surface area (Å²) in [7, 11) is 2.13. The maximum atomic E-state index is 5.56. The predicted molar refractivity (Wildman–Crippen MR) is 48.9 cm³/mol. The van der Waals surface area contributed by atoms with Crippen LogP contribution in [0.4, 0.5) is 0 Å². The summed E-state index contributed by atoms with van der Waals surface area (Å²) in [5.41, 5.74) is 2.88. The molecule has 0 aromatic carbocycles. The van der Waals surface area contributed by atoms with Crippen LogP contribution in [-0.4, -0.2) is 37.6 Å². The second-order valence-corrected chi connectivity index (χ2v) is 3.40. The summed E-state index contributed by atoms with van der Waals surface area (Å²) >= 11 is 5.56. The lowest BCUT2D eigenvalue weighted by molar-refractivity contribution is 0.193. The van der Waals surface area contributed by atoms with E-state index in [1.165, 1.54) is 5.57 Å². The number of rotatable bonds is 3. The molecule has 2 nitrogen and oxygen atoms in total. The summed E-state index contributed by atoms with van der Waals surface area (Å²) in [6, 6.07) is 0.710. The molecule has 64 valence electrons. The van der Waals surface area contributed by atoms with Gasteiger partial charge in [-0.05, 0) is 19.5 Å². The zero-order valence-electron chi connectivity index (χ0n) is 7.10. The van der Waals surface area contributed by atoms with E-state index in [9.17, 15) is 0 Å². The van der Waals surface area contributed by atoms with Crippen molar-refractivity contribution in [2.75, 3.05) is 26.7 Å². The summed E-state index contributed by atoms with van der Waals surface area (Å²) in [6.45, 7) is 5.27. The van der Waals surface area contributed by atoms with Gasteiger partial charge in [-0.15, -0.1) is 0 Å². The molecule has 0 unspecified atom stereocenters. The van der Waals surface area contributed by atoms with E-state index in [0.717, 1.165) is 19.6 Å². The molecule has 1 aliphatic rings. The molecule has 1 heterocycles. The van der Waals surface area contributed by atoms with E-state index in [-0.39, 0.29) is 0 Å². The molecule has 1 fully saturated rings. The molecule has 0 aromatic rings. The lowest BCUT2D eigenvalue weighted by Crippen LogP contribution is -2.56. The van der Waals surface area contributed by atoms with E-state index in [1.807, 2.05) is 0 Å². The number of likely N-dealkylation sites (N-methyl/N-ethyl adjacent to an activating group) is 1. The third-order valence-corrected chi connectivity index (χ3v) is 2.44. The van der Waals surface area contributed by atoms with Gasteiger partial charge in [0.1, 0.15) is 0 Å². The molecule has 0 radical (unpaired) electrons. The minimum absolute atomic E-state index is 0.710. The fourth-order valence-electron chi connectivity index (χ4n) is 1.14. The summed E-state index contributed by atoms with van der Waals surface area (Å²) in [5, 5.41) is 3.24. The minimum atomic E-state index is 0.710. The highest BCUT2D eigenvalue weighted by Crippen LogP contribution is 2.05. The molecule has 0 aliphatic carbocycles. The van der Waals surface area contributed by atoms with Crippen LogP contribution < -0.4 is 5.32 Å². The van der Waals surface area contributed by atoms with Gasteiger partial charge in [-0.1, -0.05) is 11.6 Å². The standard InChI is InChI=1S/C8H15ClN2/c1-7(3-9)6-11(2)8-4-10-5-8/h3,8,10H,4-6H2,1-2H3. The molecule has 1 N–H and O–H groups in total. The number of hydrogen-bond acceptors (Lipinski definition) is 2. The van der Waals surface area contributed by atoms with Crippen LogP contribution in [0, 0.1) is 0 Å². The van der Waals surface area contributed by atoms with Gasteiger partial charge in [-0.25, -0.2) is 0 Å². The van der Waals surface area contributed by atoms with Gasteiger partial charge in [0.25, 0.3) is 0 Å². The predicted octanol–water partition coefficient (Wildman–Crippen LogP) is 1.03. The fourth-order valence-corrected chi connectivity index (χ4v) is 1.21. The molecule has 1 rings (SSSR count). The van der Waals surface area contributed by atoms with Gasteiger partial charge in [-0.3, -0.25) is 4.90 Å². The molecule has 0 spiro atoms. The highest BCUT2D eigenvalue weighted by molar-refractivity contribution is 6.25. The fraction of sp³-hybridized carbons (Fsp3) is 0.750. The van der Waals surface area contributed by atoms with Gasteiger partial charge < -0.3 is 5.32 Å². The number of nitrogens with zero attached hydrogens (tertiary/aromatic N) is 1. The van der Waals surface area contributed by atoms with Crippen molar-refractivity contribution in [3.05, 3.63) is 11.1 Å². The van der Waals surface area contributed by atoms with Crippen molar-refractivity contribution < 1.29 is 0 Å². The lowest BCUT2D eigenvalue weighted by atomic mass is 10.1. The van der Waals surface area contributed by atoms with Crippen LogP contribution in [-0.2, 0) is 0 Å². The van der Waals surface area contributed by atoms with Crippen molar-refractivity contribution in [2.24, 2.45) is 0 Å². The first-order valence-corrected chi connectivity index (χ1v) is 4.34. The first-order valence-electron chi connectivity index (χ1n) is 3.91. The van der Waals surface area contributed by atoms with Crippen molar-refractivity contribution >= 4 is 11.6 Å². The Balaban J connectivity index is 2.24. The van der Waals surface area contributed by atoms with Crippen LogP contribution in [0.15, 0.2) is 11.1 Å². The highest BCUT2D eigenvalue weighted by Gasteiger charge is 2.20. The van der Waals surface area contributed by atoms with Crippen LogP contribution in [0.2, 0.25) is 0 Å². The normalized spacial score (nSPS) is 20.5. The Labute approximate surface area is 73.2 Å². The van der Waals surface area contributed by atoms with Crippen LogP contribution >= 0.6 is 11.6 Å². The molecule has 11 heavy (non-hydrogen) atoms. The number of hydrogen-bond donors (Lipinski definition) is 1. The van der Waals surface area contributed by atoms with Gasteiger partial charge in [-0.2, -0.15) is 0 Å². The Morgan fingerprint density at radius 2 is 2.36 bits per heavy atom. The van der Waals surface area contributed by atoms with E-state index in [0.29, 0.717) is 6.04 Å². The Morgan fingerprint density at radius 1 is 1.73 bits per heavy atom. The van der Waals surface area contributed by atoms with E-state index in [4.69, 9.17) is 11.6 Å². The minimum Gasteiger partial charge on any atom is -0.314 e. The van der Waals surface area contributed by atoms with E-state index >= 15 is 0 Å². The highest BCUT2D eigenvalue weighted by atomic mass is 35.5. The molecular formula is C8H15ClN2. The zero-order valence-corrected chi connectivity index (χ0v) is 7.86. The SMILES string of the molecule is CC(=CCl)CN(C)C1CNC1. The first kappa shape index (κ1) is 9.04. The van der Waals surface area contributed by atoms with E-state index < -0.39 is 0 Å². The van der Waals surface area contributed by atoms with Crippen LogP contribution in [0.1, 0.15) is 6.92 Å². The largest absolute Gasteiger partial charge is 0.314 e. The van der Waals surface area contributed by atoms with E-state index in [2.05, 4.69) is 24.2 Å². The number of halogens is 1. The number of nitrogens with one attached hydrogen (secondary N) is 1. The maximum Gasteiger partial charge on any atom is 0.0345 e. The quantitative estimate of drug-likeness (QED) is 0.688. The van der Waals surface area contributed by atoms with Crippen molar-refractivity contribution in [2.45, 2.75) is 13.0 Å². The molecule has 0 atom stereocenters.